The standard InChI is InChI=1S/C16H11F3O2/c1-21-16-7-3-10(8-14(16)19)2-6-15(20)12-5-4-11(17)9-13(12)18/h2-9H,1H3/b6-2+. The summed E-state index contributed by atoms with van der Waals surface area (Å²) in [4.78, 5) is 11.8. The molecule has 5 heteroatoms. The van der Waals surface area contributed by atoms with Gasteiger partial charge in [-0.25, -0.2) is 13.2 Å². The first-order valence-electron chi connectivity index (χ1n) is 6.02. The third kappa shape index (κ3) is 3.51. The van der Waals surface area contributed by atoms with Gasteiger partial charge >= 0.3 is 0 Å². The summed E-state index contributed by atoms with van der Waals surface area (Å²) in [5, 5.41) is 0. The lowest BCUT2D eigenvalue weighted by Gasteiger charge is -2.02. The maximum absolute atomic E-state index is 13.5. The van der Waals surface area contributed by atoms with Gasteiger partial charge < -0.3 is 4.74 Å². The number of ether oxygens (including phenoxy) is 1. The molecule has 0 unspecified atom stereocenters. The second-order valence-electron chi connectivity index (χ2n) is 4.22. The van der Waals surface area contributed by atoms with E-state index >= 15 is 0 Å². The van der Waals surface area contributed by atoms with E-state index in [2.05, 4.69) is 0 Å². The van der Waals surface area contributed by atoms with Gasteiger partial charge in [0.2, 0.25) is 0 Å². The average Bonchev–Trinajstić information content (AvgIpc) is 2.45. The lowest BCUT2D eigenvalue weighted by molar-refractivity contribution is 0.104. The van der Waals surface area contributed by atoms with Crippen LogP contribution in [0, 0.1) is 17.5 Å². The summed E-state index contributed by atoms with van der Waals surface area (Å²) in [5.74, 6) is -2.82. The molecule has 0 amide bonds. The number of benzene rings is 2. The highest BCUT2D eigenvalue weighted by Crippen LogP contribution is 2.19. The molecule has 0 N–H and O–H groups in total. The van der Waals surface area contributed by atoms with Crippen LogP contribution in [0.4, 0.5) is 13.2 Å². The van der Waals surface area contributed by atoms with Crippen molar-refractivity contribution in [2.45, 2.75) is 0 Å². The van der Waals surface area contributed by atoms with Crippen LogP contribution in [-0.2, 0) is 0 Å². The molecule has 0 fully saturated rings. The van der Waals surface area contributed by atoms with E-state index in [1.165, 1.54) is 25.3 Å². The van der Waals surface area contributed by atoms with Crippen molar-refractivity contribution in [3.05, 3.63) is 71.1 Å². The summed E-state index contributed by atoms with van der Waals surface area (Å²) in [7, 11) is 1.34. The molecule has 2 rings (SSSR count). The van der Waals surface area contributed by atoms with Crippen LogP contribution >= 0.6 is 0 Å². The normalized spacial score (nSPS) is 10.9. The fourth-order valence-corrected chi connectivity index (χ4v) is 1.74. The Morgan fingerprint density at radius 2 is 1.81 bits per heavy atom. The fraction of sp³-hybridized carbons (Fsp3) is 0.0625. The summed E-state index contributed by atoms with van der Waals surface area (Å²) < 4.78 is 44.4. The quantitative estimate of drug-likeness (QED) is 0.628. The summed E-state index contributed by atoms with van der Waals surface area (Å²) in [5.41, 5.74) is 0.172. The summed E-state index contributed by atoms with van der Waals surface area (Å²) in [6.45, 7) is 0. The summed E-state index contributed by atoms with van der Waals surface area (Å²) in [6.07, 6.45) is 2.44. The molecule has 2 aromatic carbocycles. The molecule has 0 aromatic heterocycles. The Morgan fingerprint density at radius 3 is 2.43 bits per heavy atom. The zero-order chi connectivity index (χ0) is 15.4. The lowest BCUT2D eigenvalue weighted by atomic mass is 10.1. The number of carbonyl (C=O) groups excluding carboxylic acids is 1. The molecule has 21 heavy (non-hydrogen) atoms. The lowest BCUT2D eigenvalue weighted by Crippen LogP contribution is -1.99. The van der Waals surface area contributed by atoms with E-state index in [1.54, 1.807) is 6.07 Å². The van der Waals surface area contributed by atoms with Crippen molar-refractivity contribution >= 4 is 11.9 Å². The Morgan fingerprint density at radius 1 is 1.05 bits per heavy atom. The van der Waals surface area contributed by atoms with Gasteiger partial charge in [0.05, 0.1) is 12.7 Å². The molecular formula is C16H11F3O2. The van der Waals surface area contributed by atoms with Crippen molar-refractivity contribution in [1.29, 1.82) is 0 Å². The maximum atomic E-state index is 13.5. The van der Waals surface area contributed by atoms with Gasteiger partial charge in [0.25, 0.3) is 0 Å². The van der Waals surface area contributed by atoms with E-state index in [0.717, 1.165) is 18.2 Å². The first-order valence-corrected chi connectivity index (χ1v) is 6.02. The van der Waals surface area contributed by atoms with Gasteiger partial charge in [0.15, 0.2) is 17.3 Å². The molecule has 0 spiro atoms. The molecule has 0 saturated heterocycles. The van der Waals surface area contributed by atoms with Gasteiger partial charge in [0.1, 0.15) is 11.6 Å². The smallest absolute Gasteiger partial charge is 0.188 e. The molecule has 108 valence electrons. The SMILES string of the molecule is COc1ccc(/C=C/C(=O)c2ccc(F)cc2F)cc1F. The topological polar surface area (TPSA) is 26.3 Å². The minimum Gasteiger partial charge on any atom is -0.494 e. The molecule has 0 bridgehead atoms. The minimum absolute atomic E-state index is 0.0862. The third-order valence-corrected chi connectivity index (χ3v) is 2.80. The highest BCUT2D eigenvalue weighted by Gasteiger charge is 2.09. The molecule has 0 aliphatic rings. The third-order valence-electron chi connectivity index (χ3n) is 2.80. The maximum Gasteiger partial charge on any atom is 0.188 e. The predicted octanol–water partition coefficient (Wildman–Crippen LogP) is 4.01. The number of halogens is 3. The van der Waals surface area contributed by atoms with Crippen molar-refractivity contribution in [2.24, 2.45) is 0 Å². The highest BCUT2D eigenvalue weighted by molar-refractivity contribution is 6.06. The Labute approximate surface area is 119 Å². The number of allylic oxidation sites excluding steroid dienone is 1. The predicted molar refractivity (Wildman–Crippen MR) is 72.7 cm³/mol. The molecule has 2 nitrogen and oxygen atoms in total. The second-order valence-corrected chi connectivity index (χ2v) is 4.22. The van der Waals surface area contributed by atoms with E-state index in [1.807, 2.05) is 0 Å². The second kappa shape index (κ2) is 6.26. The van der Waals surface area contributed by atoms with Crippen LogP contribution < -0.4 is 4.74 Å². The van der Waals surface area contributed by atoms with Crippen LogP contribution in [0.5, 0.6) is 5.75 Å². The van der Waals surface area contributed by atoms with Crippen LogP contribution in [0.25, 0.3) is 6.08 Å². The van der Waals surface area contributed by atoms with E-state index in [4.69, 9.17) is 4.74 Å². The Hall–Kier alpha value is -2.56. The fourth-order valence-electron chi connectivity index (χ4n) is 1.74. The van der Waals surface area contributed by atoms with Crippen molar-refractivity contribution < 1.29 is 22.7 Å². The molecule has 0 aliphatic heterocycles. The van der Waals surface area contributed by atoms with Gasteiger partial charge in [-0.15, -0.1) is 0 Å². The van der Waals surface area contributed by atoms with Gasteiger partial charge in [0, 0.05) is 6.07 Å². The molecular weight excluding hydrogens is 281 g/mol. The van der Waals surface area contributed by atoms with Gasteiger partial charge in [-0.1, -0.05) is 12.1 Å². The van der Waals surface area contributed by atoms with Gasteiger partial charge in [-0.2, -0.15) is 0 Å². The zero-order valence-corrected chi connectivity index (χ0v) is 11.1. The summed E-state index contributed by atoms with van der Waals surface area (Å²) in [6, 6.07) is 6.84. The molecule has 0 saturated carbocycles. The largest absolute Gasteiger partial charge is 0.494 e. The number of carbonyl (C=O) groups is 1. The zero-order valence-electron chi connectivity index (χ0n) is 11.1. The molecule has 0 aliphatic carbocycles. The number of hydrogen-bond acceptors (Lipinski definition) is 2. The first kappa shape index (κ1) is 14.8. The molecule has 0 atom stereocenters. The number of hydrogen-bond donors (Lipinski definition) is 0. The van der Waals surface area contributed by atoms with Gasteiger partial charge in [-0.05, 0) is 35.9 Å². The first-order chi connectivity index (χ1) is 10.0. The minimum atomic E-state index is -0.939. The van der Waals surface area contributed by atoms with Crippen molar-refractivity contribution in [3.63, 3.8) is 0 Å². The van der Waals surface area contributed by atoms with Crippen molar-refractivity contribution in [1.82, 2.24) is 0 Å². The highest BCUT2D eigenvalue weighted by atomic mass is 19.1. The van der Waals surface area contributed by atoms with E-state index in [-0.39, 0.29) is 11.3 Å². The van der Waals surface area contributed by atoms with Crippen molar-refractivity contribution in [3.8, 4) is 5.75 Å². The van der Waals surface area contributed by atoms with Crippen molar-refractivity contribution in [2.75, 3.05) is 7.11 Å². The monoisotopic (exact) mass is 292 g/mol. The number of methoxy groups -OCH3 is 1. The molecule has 2 aromatic rings. The van der Waals surface area contributed by atoms with E-state index in [0.29, 0.717) is 11.6 Å². The average molecular weight is 292 g/mol. The molecule has 0 heterocycles. The van der Waals surface area contributed by atoms with E-state index < -0.39 is 23.2 Å². The van der Waals surface area contributed by atoms with Crippen LogP contribution in [0.2, 0.25) is 0 Å². The van der Waals surface area contributed by atoms with Crippen LogP contribution in [0.1, 0.15) is 15.9 Å². The van der Waals surface area contributed by atoms with E-state index in [9.17, 15) is 18.0 Å². The Bertz CT molecular complexity index is 709. The molecule has 0 radical (unpaired) electrons. The summed E-state index contributed by atoms with van der Waals surface area (Å²) >= 11 is 0. The van der Waals surface area contributed by atoms with Crippen LogP contribution in [0.15, 0.2) is 42.5 Å². The Kier molecular flexibility index (Phi) is 4.42. The van der Waals surface area contributed by atoms with Crippen LogP contribution in [0.3, 0.4) is 0 Å². The number of rotatable bonds is 4. The Balaban J connectivity index is 2.20. The van der Waals surface area contributed by atoms with Gasteiger partial charge in [-0.3, -0.25) is 4.79 Å². The number of ketones is 1. The van der Waals surface area contributed by atoms with Crippen LogP contribution in [-0.4, -0.2) is 12.9 Å².